The van der Waals surface area contributed by atoms with Gasteiger partial charge in [-0.15, -0.1) is 34.3 Å². The fourth-order valence-corrected chi connectivity index (χ4v) is 6.24. The van der Waals surface area contributed by atoms with Crippen LogP contribution in [0, 0.1) is 13.1 Å². The third kappa shape index (κ3) is 13.6. The summed E-state index contributed by atoms with van der Waals surface area (Å²) in [6.45, 7) is 14.1. The van der Waals surface area contributed by atoms with E-state index in [1.54, 1.807) is 65.6 Å². The number of aromatic nitrogens is 6. The smallest absolute Gasteiger partial charge is 0.867 e. The molecule has 0 amide bonds. The summed E-state index contributed by atoms with van der Waals surface area (Å²) < 4.78 is 0. The van der Waals surface area contributed by atoms with Gasteiger partial charge in [-0.1, -0.05) is 36.0 Å². The summed E-state index contributed by atoms with van der Waals surface area (Å²) in [6, 6.07) is 13.1. The maximum atomic E-state index is 12.1. The zero-order chi connectivity index (χ0) is 36.9. The number of alkyl halides is 1. The van der Waals surface area contributed by atoms with Gasteiger partial charge in [0.15, 0.2) is 5.16 Å². The number of thiazole rings is 2. The number of hydrogen-bond acceptors (Lipinski definition) is 13. The van der Waals surface area contributed by atoms with Gasteiger partial charge in [-0.25, -0.2) is 34.2 Å². The molecule has 4 aromatic heterocycles. The second-order valence-electron chi connectivity index (χ2n) is 9.41. The minimum absolute atomic E-state index is 0. The summed E-state index contributed by atoms with van der Waals surface area (Å²) >= 11 is 14.1. The number of halogens is 1. The molecule has 2 aromatic carbocycles. The van der Waals surface area contributed by atoms with Crippen molar-refractivity contribution in [3.63, 3.8) is 0 Å². The molecule has 21 heteroatoms. The molecule has 0 saturated heterocycles. The van der Waals surface area contributed by atoms with E-state index >= 15 is 0 Å². The second-order valence-corrected chi connectivity index (χ2v) is 12.8. The van der Waals surface area contributed by atoms with Gasteiger partial charge in [-0.3, -0.25) is 14.8 Å². The van der Waals surface area contributed by atoms with E-state index in [2.05, 4.69) is 39.6 Å². The van der Waals surface area contributed by atoms with Crippen LogP contribution in [0.5, 0.6) is 5.88 Å². The molecule has 0 spiro atoms. The van der Waals surface area contributed by atoms with Crippen LogP contribution in [-0.2, 0) is 24.3 Å². The molecule has 0 aliphatic carbocycles. The zero-order valence-electron chi connectivity index (χ0n) is 27.5. The number of aromatic carboxylic acids is 2. The topological polar surface area (TPSA) is 204 Å². The second kappa shape index (κ2) is 23.4. The predicted molar refractivity (Wildman–Crippen MR) is 193 cm³/mol. The number of nitrogens with zero attached hydrogens (tertiary/aromatic N) is 7. The Balaban J connectivity index is 0.000000297. The van der Waals surface area contributed by atoms with E-state index in [-0.39, 0.29) is 142 Å². The first kappa shape index (κ1) is 46.7. The number of rotatable bonds is 8. The molecule has 6 rings (SSSR count). The van der Waals surface area contributed by atoms with Crippen molar-refractivity contribution in [2.45, 2.75) is 21.9 Å². The Morgan fingerprint density at radius 1 is 0.868 bits per heavy atom. The Hall–Kier alpha value is -2.49. The van der Waals surface area contributed by atoms with Crippen LogP contribution in [0.1, 0.15) is 31.8 Å². The van der Waals surface area contributed by atoms with Gasteiger partial charge < -0.3 is 32.9 Å². The minimum atomic E-state index is -0.995. The maximum Gasteiger partial charge on any atom is 1.00 e. The number of hydrogen-bond donors (Lipinski definition) is 3. The summed E-state index contributed by atoms with van der Waals surface area (Å²) in [5.74, 6) is -1.78. The first-order valence-electron chi connectivity index (χ1n) is 13.8. The third-order valence-corrected chi connectivity index (χ3v) is 9.07. The van der Waals surface area contributed by atoms with Gasteiger partial charge in [0, 0.05) is 39.9 Å². The largest absolute Gasteiger partial charge is 1.00 e. The fraction of sp³-hybridized carbons (Fsp3) is 0.0625. The van der Waals surface area contributed by atoms with Gasteiger partial charge in [0.25, 0.3) is 11.2 Å². The normalized spacial score (nSPS) is 9.64. The van der Waals surface area contributed by atoms with Crippen molar-refractivity contribution in [1.29, 1.82) is 0 Å². The van der Waals surface area contributed by atoms with Gasteiger partial charge in [-0.2, -0.15) is 0 Å². The van der Waals surface area contributed by atoms with Crippen LogP contribution in [0.4, 0.5) is 11.4 Å². The first-order valence-corrected chi connectivity index (χ1v) is 17.5. The number of aromatic amines is 1. The van der Waals surface area contributed by atoms with Gasteiger partial charge in [0.2, 0.25) is 5.69 Å². The molecule has 53 heavy (non-hydrogen) atoms. The summed E-state index contributed by atoms with van der Waals surface area (Å²) in [4.78, 5) is 62.2. The summed E-state index contributed by atoms with van der Waals surface area (Å²) in [5.41, 5.74) is 1.85. The van der Waals surface area contributed by atoms with Crippen LogP contribution < -0.4 is 113 Å². The number of nitrogens with one attached hydrogen (secondary N) is 1. The number of carbonyl (C=O) groups is 2. The molecule has 0 saturated carbocycles. The molecule has 0 aliphatic heterocycles. The molecular formula is C32H19ClK2N8O6S4. The molecule has 0 aliphatic rings. The Kier molecular flexibility index (Phi) is 20.6. The monoisotopic (exact) mass is 852 g/mol. The summed E-state index contributed by atoms with van der Waals surface area (Å²) in [6.07, 6.45) is 3.16. The van der Waals surface area contributed by atoms with Crippen molar-refractivity contribution in [3.8, 4) is 27.3 Å². The van der Waals surface area contributed by atoms with E-state index in [1.807, 2.05) is 0 Å². The summed E-state index contributed by atoms with van der Waals surface area (Å²) in [7, 11) is 0. The van der Waals surface area contributed by atoms with Crippen molar-refractivity contribution in [2.24, 2.45) is 0 Å². The van der Waals surface area contributed by atoms with Gasteiger partial charge in [0.1, 0.15) is 21.4 Å². The average molecular weight is 853 g/mol. The van der Waals surface area contributed by atoms with Crippen molar-refractivity contribution in [3.05, 3.63) is 127 Å². The quantitative estimate of drug-likeness (QED) is 0.0483. The Bertz CT molecular complexity index is 2320. The van der Waals surface area contributed by atoms with Crippen LogP contribution in [-0.4, -0.2) is 52.1 Å². The van der Waals surface area contributed by atoms with E-state index in [9.17, 15) is 19.5 Å². The molecule has 0 fully saturated rings. The molecule has 0 unspecified atom stereocenters. The molecule has 0 bridgehead atoms. The van der Waals surface area contributed by atoms with Crippen molar-refractivity contribution < 1.29 is 128 Å². The van der Waals surface area contributed by atoms with Crippen LogP contribution in [0.15, 0.2) is 86.8 Å². The molecular weight excluding hydrogens is 834 g/mol. The van der Waals surface area contributed by atoms with Crippen molar-refractivity contribution in [1.82, 2.24) is 29.9 Å². The number of thioether (sulfide) groups is 1. The number of H-pyrrole nitrogens is 1. The zero-order valence-corrected chi connectivity index (χ0v) is 37.8. The minimum Gasteiger partial charge on any atom is -0.867 e. The molecule has 4 heterocycles. The van der Waals surface area contributed by atoms with E-state index in [0.717, 1.165) is 11.1 Å². The Morgan fingerprint density at radius 3 is 1.89 bits per heavy atom. The van der Waals surface area contributed by atoms with Gasteiger partial charge in [0.05, 0.1) is 24.3 Å². The van der Waals surface area contributed by atoms with Crippen LogP contribution in [0.25, 0.3) is 31.1 Å². The van der Waals surface area contributed by atoms with Crippen LogP contribution in [0.3, 0.4) is 0 Å². The van der Waals surface area contributed by atoms with Gasteiger partial charge >= 0.3 is 115 Å². The van der Waals surface area contributed by atoms with E-state index in [0.29, 0.717) is 26.8 Å². The van der Waals surface area contributed by atoms with E-state index < -0.39 is 23.4 Å². The molecule has 6 aromatic rings. The first-order chi connectivity index (χ1) is 24.5. The van der Waals surface area contributed by atoms with Crippen LogP contribution >= 0.6 is 46.0 Å². The number of carboxylic acids is 2. The SMILES string of the molecule is O=C(O)c1cccc(CCl)c1.[C-]#[N+]c1c(-c2nccs2)nc(SCc2cccc(C(=O)O)c2)[nH]c1=O.[C-]#[N+]c1c([O-])nc([S-])nc1-c1nccs1.[K+].[K+]. The van der Waals surface area contributed by atoms with Crippen LogP contribution in [0.2, 0.25) is 0 Å². The van der Waals surface area contributed by atoms with Crippen molar-refractivity contribution >= 4 is 82.0 Å². The molecule has 256 valence electrons. The van der Waals surface area contributed by atoms with E-state index in [1.165, 1.54) is 40.5 Å². The predicted octanol–water partition coefficient (Wildman–Crippen LogP) is 0.697. The summed E-state index contributed by atoms with van der Waals surface area (Å²) in [5, 5.41) is 33.7. The number of carboxylic acid groups (broad SMARTS) is 2. The maximum absolute atomic E-state index is 12.1. The van der Waals surface area contributed by atoms with E-state index in [4.69, 9.17) is 47.6 Å². The molecule has 3 N–H and O–H groups in total. The fourth-order valence-electron chi connectivity index (χ4n) is 3.85. The number of benzene rings is 2. The third-order valence-electron chi connectivity index (χ3n) is 6.08. The molecule has 14 nitrogen and oxygen atoms in total. The molecule has 0 atom stereocenters. The van der Waals surface area contributed by atoms with Crippen molar-refractivity contribution in [2.75, 3.05) is 0 Å². The Labute approximate surface area is 409 Å². The Morgan fingerprint density at radius 2 is 1.40 bits per heavy atom. The molecule has 0 radical (unpaired) electrons. The van der Waals surface area contributed by atoms with Gasteiger partial charge in [-0.05, 0) is 41.3 Å². The average Bonchev–Trinajstić information content (AvgIpc) is 3.87. The standard InChI is InChI=1S/C16H10N4O3S2.C8H7ClO2.C8H4N4OS2.2K/c1-17-11-12(14-18-5-6-24-14)19-16(20-13(11)21)25-8-9-3-2-4-10(7-9)15(22)23;9-5-6-2-1-3-7(4-6)8(10)11;1-9-4-5(7-10-2-3-15-7)11-8(14)12-6(4)13;;/h2-7H,8H2,(H,22,23)(H,19,20,21);1-4H,5H2,(H,10,11);2-3H,(H2,11,12,13,14);;/q;;;2*+1/p-2.